The molecule has 22 heavy (non-hydrogen) atoms. The Hall–Kier alpha value is -0.530. The van der Waals surface area contributed by atoms with Crippen molar-refractivity contribution in [3.05, 3.63) is 27.5 Å². The number of halogens is 3. The van der Waals surface area contributed by atoms with E-state index in [9.17, 15) is 13.3 Å². The van der Waals surface area contributed by atoms with Gasteiger partial charge < -0.3 is 14.8 Å². The first-order valence-electron chi connectivity index (χ1n) is 6.51. The Morgan fingerprint density at radius 3 is 2.45 bits per heavy atom. The summed E-state index contributed by atoms with van der Waals surface area (Å²) in [7, 11) is -4.62. The summed E-state index contributed by atoms with van der Waals surface area (Å²) in [6.07, 6.45) is 0. The number of anilines is 1. The van der Waals surface area contributed by atoms with E-state index in [1.807, 2.05) is 0 Å². The second-order valence-corrected chi connectivity index (χ2v) is 8.29. The Labute approximate surface area is 139 Å². The van der Waals surface area contributed by atoms with Crippen LogP contribution in [-0.4, -0.2) is 13.2 Å². The maximum Gasteiger partial charge on any atom is 0.405 e. The maximum atomic E-state index is 14.8. The van der Waals surface area contributed by atoms with Gasteiger partial charge in [0, 0.05) is 20.2 Å². The van der Waals surface area contributed by atoms with Crippen molar-refractivity contribution in [2.75, 3.05) is 18.9 Å². The Balaban J connectivity index is 2.61. The topological polar surface area (TPSA) is 61.5 Å². The molecule has 2 aromatic rings. The van der Waals surface area contributed by atoms with Crippen LogP contribution in [0.2, 0.25) is 0 Å². The van der Waals surface area contributed by atoms with Crippen molar-refractivity contribution < 1.29 is 22.4 Å². The summed E-state index contributed by atoms with van der Waals surface area (Å²) < 4.78 is 52.5. The summed E-state index contributed by atoms with van der Waals surface area (Å²) >= 11 is 3.99. The highest BCUT2D eigenvalue weighted by Crippen LogP contribution is 2.69. The Kier molecular flexibility index (Phi) is 5.29. The minimum Gasteiger partial charge on any atom is -0.399 e. The highest BCUT2D eigenvalue weighted by molar-refractivity contribution is 9.10. The lowest BCUT2D eigenvalue weighted by Crippen LogP contribution is -2.17. The van der Waals surface area contributed by atoms with Crippen LogP contribution in [0.1, 0.15) is 18.7 Å². The smallest absolute Gasteiger partial charge is 0.399 e. The molecule has 1 heterocycles. The minimum atomic E-state index is -4.62. The molecule has 2 rings (SSSR count). The first-order chi connectivity index (χ1) is 10.3. The van der Waals surface area contributed by atoms with Crippen molar-refractivity contribution in [3.63, 3.8) is 0 Å². The molecule has 0 saturated heterocycles. The molecule has 0 spiro atoms. The fraction of sp³-hybridized carbons (Fsp3) is 0.385. The van der Waals surface area contributed by atoms with Crippen molar-refractivity contribution >= 4 is 50.6 Å². The number of rotatable bonds is 6. The van der Waals surface area contributed by atoms with Crippen molar-refractivity contribution in [3.8, 4) is 0 Å². The fourth-order valence-corrected chi connectivity index (χ4v) is 5.91. The van der Waals surface area contributed by atoms with E-state index >= 15 is 0 Å². The number of nitrogen functional groups attached to an aromatic ring is 1. The van der Waals surface area contributed by atoms with Crippen molar-refractivity contribution in [2.24, 2.45) is 0 Å². The van der Waals surface area contributed by atoms with Gasteiger partial charge in [-0.15, -0.1) is 11.3 Å². The number of hydrogen-bond acceptors (Lipinski definition) is 5. The molecule has 0 aliphatic heterocycles. The molecular weight excluding hydrogens is 399 g/mol. The standard InChI is InChI=1S/C13H15BrF2NO3PS/c1-3-19-21(18,20-4-2)13(15,16)12-11(14)9-7-8(17)5-6-10(9)22-12/h5-7H,3-4,17H2,1-2H3. The van der Waals surface area contributed by atoms with Crippen molar-refractivity contribution in [1.82, 2.24) is 0 Å². The van der Waals surface area contributed by atoms with Crippen LogP contribution in [0.15, 0.2) is 22.7 Å². The largest absolute Gasteiger partial charge is 0.405 e. The number of fused-ring (bicyclic) bond motifs is 1. The summed E-state index contributed by atoms with van der Waals surface area (Å²) in [4.78, 5) is -0.390. The average Bonchev–Trinajstić information content (AvgIpc) is 2.77. The summed E-state index contributed by atoms with van der Waals surface area (Å²) in [5.74, 6) is 0. The van der Waals surface area contributed by atoms with E-state index in [2.05, 4.69) is 15.9 Å². The monoisotopic (exact) mass is 413 g/mol. The third-order valence-electron chi connectivity index (χ3n) is 2.87. The molecule has 2 N–H and O–H groups in total. The van der Waals surface area contributed by atoms with Gasteiger partial charge in [0.2, 0.25) is 0 Å². The van der Waals surface area contributed by atoms with E-state index in [0.717, 1.165) is 11.3 Å². The molecule has 1 aromatic carbocycles. The molecule has 0 aliphatic carbocycles. The van der Waals surface area contributed by atoms with Gasteiger partial charge in [-0.25, -0.2) is 0 Å². The molecule has 0 amide bonds. The van der Waals surface area contributed by atoms with Crippen LogP contribution in [0.3, 0.4) is 0 Å². The summed E-state index contributed by atoms with van der Waals surface area (Å²) in [6.45, 7) is 2.70. The van der Waals surface area contributed by atoms with Crippen molar-refractivity contribution in [1.29, 1.82) is 0 Å². The molecule has 9 heteroatoms. The zero-order chi connectivity index (χ0) is 16.5. The molecule has 0 aliphatic rings. The van der Waals surface area contributed by atoms with E-state index in [1.165, 1.54) is 13.8 Å². The lowest BCUT2D eigenvalue weighted by molar-refractivity contribution is 0.0387. The molecule has 4 nitrogen and oxygen atoms in total. The SMILES string of the molecule is CCOP(=O)(OCC)C(F)(F)c1sc2ccc(N)cc2c1Br. The quantitative estimate of drug-likeness (QED) is 0.497. The minimum absolute atomic E-state index is 0.137. The van der Waals surface area contributed by atoms with Crippen LogP contribution in [0.4, 0.5) is 14.5 Å². The van der Waals surface area contributed by atoms with E-state index < -0.39 is 18.1 Å². The van der Waals surface area contributed by atoms with Crippen LogP contribution in [0.5, 0.6) is 0 Å². The summed E-state index contributed by atoms with van der Waals surface area (Å²) in [5, 5.41) is 0.541. The number of thiophene rings is 1. The van der Waals surface area contributed by atoms with Crippen LogP contribution >= 0.6 is 34.9 Å². The van der Waals surface area contributed by atoms with Gasteiger partial charge in [0.05, 0.1) is 13.2 Å². The van der Waals surface area contributed by atoms with Crippen LogP contribution in [0, 0.1) is 0 Å². The number of benzene rings is 1. The maximum absolute atomic E-state index is 14.8. The molecule has 0 saturated carbocycles. The van der Waals surface area contributed by atoms with E-state index in [4.69, 9.17) is 14.8 Å². The second-order valence-electron chi connectivity index (χ2n) is 4.38. The van der Waals surface area contributed by atoms with Crippen LogP contribution < -0.4 is 5.73 Å². The van der Waals surface area contributed by atoms with Gasteiger partial charge >= 0.3 is 13.3 Å². The zero-order valence-corrected chi connectivity index (χ0v) is 15.2. The lowest BCUT2D eigenvalue weighted by atomic mass is 10.2. The lowest BCUT2D eigenvalue weighted by Gasteiger charge is -2.25. The third-order valence-corrected chi connectivity index (χ3v) is 7.45. The Morgan fingerprint density at radius 2 is 1.91 bits per heavy atom. The molecule has 0 radical (unpaired) electrons. The molecule has 0 atom stereocenters. The first-order valence-corrected chi connectivity index (χ1v) is 9.67. The second kappa shape index (κ2) is 6.53. The third kappa shape index (κ3) is 2.95. The van der Waals surface area contributed by atoms with E-state index in [0.29, 0.717) is 15.8 Å². The van der Waals surface area contributed by atoms with Gasteiger partial charge in [0.25, 0.3) is 0 Å². The van der Waals surface area contributed by atoms with Gasteiger partial charge in [0.15, 0.2) is 0 Å². The molecule has 0 unspecified atom stereocenters. The van der Waals surface area contributed by atoms with Crippen LogP contribution in [0.25, 0.3) is 10.1 Å². The van der Waals surface area contributed by atoms with Gasteiger partial charge in [-0.05, 0) is 48.0 Å². The van der Waals surface area contributed by atoms with E-state index in [1.54, 1.807) is 18.2 Å². The van der Waals surface area contributed by atoms with Crippen molar-refractivity contribution in [2.45, 2.75) is 19.5 Å². The average molecular weight is 414 g/mol. The van der Waals surface area contributed by atoms with Gasteiger partial charge in [-0.2, -0.15) is 8.78 Å². The highest BCUT2D eigenvalue weighted by Gasteiger charge is 2.57. The number of nitrogens with two attached hydrogens (primary N) is 1. The van der Waals surface area contributed by atoms with Gasteiger partial charge in [0.1, 0.15) is 4.88 Å². The zero-order valence-electron chi connectivity index (χ0n) is 11.9. The predicted octanol–water partition coefficient (Wildman–Crippen LogP) is 5.56. The number of alkyl halides is 2. The Morgan fingerprint density at radius 1 is 1.32 bits per heavy atom. The molecular formula is C13H15BrF2NO3PS. The van der Waals surface area contributed by atoms with Gasteiger partial charge in [-0.3, -0.25) is 4.57 Å². The molecule has 0 fully saturated rings. The molecule has 1 aromatic heterocycles. The summed E-state index contributed by atoms with van der Waals surface area (Å²) in [6, 6.07) is 4.85. The highest BCUT2D eigenvalue weighted by atomic mass is 79.9. The first kappa shape index (κ1) is 17.8. The fourth-order valence-electron chi connectivity index (χ4n) is 1.94. The Bertz CT molecular complexity index is 727. The predicted molar refractivity (Wildman–Crippen MR) is 88.7 cm³/mol. The summed E-state index contributed by atoms with van der Waals surface area (Å²) in [5.41, 5.74) is 2.39. The van der Waals surface area contributed by atoms with Gasteiger partial charge in [-0.1, -0.05) is 0 Å². The van der Waals surface area contributed by atoms with Crippen LogP contribution in [-0.2, 0) is 19.3 Å². The van der Waals surface area contributed by atoms with E-state index in [-0.39, 0.29) is 17.7 Å². The normalized spacial score (nSPS) is 13.0. The number of hydrogen-bond donors (Lipinski definition) is 1. The molecule has 122 valence electrons. The molecule has 0 bridgehead atoms.